The number of nitrogens with one attached hydrogen (secondary N) is 1. The number of benzene rings is 2. The van der Waals surface area contributed by atoms with Gasteiger partial charge in [0.1, 0.15) is 6.29 Å². The van der Waals surface area contributed by atoms with Gasteiger partial charge in [-0.3, -0.25) is 9.59 Å². The van der Waals surface area contributed by atoms with E-state index in [2.05, 4.69) is 5.32 Å². The first-order chi connectivity index (χ1) is 10.3. The molecule has 0 unspecified atom stereocenters. The van der Waals surface area contributed by atoms with Gasteiger partial charge in [0.2, 0.25) is 0 Å². The normalized spacial score (nSPS) is 11.0. The van der Waals surface area contributed by atoms with Crippen LogP contribution in [0.3, 0.4) is 0 Å². The molecule has 0 spiro atoms. The highest BCUT2D eigenvalue weighted by atomic mass is 32.2. The summed E-state index contributed by atoms with van der Waals surface area (Å²) in [5, 5.41) is 2.71. The van der Waals surface area contributed by atoms with Gasteiger partial charge >= 0.3 is 0 Å². The lowest BCUT2D eigenvalue weighted by Crippen LogP contribution is -2.13. The highest BCUT2D eigenvalue weighted by Gasteiger charge is 2.11. The summed E-state index contributed by atoms with van der Waals surface area (Å²) in [7, 11) is -3.29. The van der Waals surface area contributed by atoms with Crippen molar-refractivity contribution in [1.29, 1.82) is 0 Å². The summed E-state index contributed by atoms with van der Waals surface area (Å²) in [4.78, 5) is 23.2. The molecule has 0 aliphatic carbocycles. The van der Waals surface area contributed by atoms with E-state index in [0.29, 0.717) is 22.4 Å². The molecule has 2 aromatic rings. The maximum atomic E-state index is 12.2. The monoisotopic (exact) mass is 317 g/mol. The van der Waals surface area contributed by atoms with Crippen molar-refractivity contribution in [3.8, 4) is 0 Å². The third-order valence-corrected chi connectivity index (χ3v) is 4.42. The second kappa shape index (κ2) is 6.11. The number of anilines is 1. The van der Waals surface area contributed by atoms with Gasteiger partial charge in [-0.25, -0.2) is 8.42 Å². The summed E-state index contributed by atoms with van der Waals surface area (Å²) in [6.45, 7) is 1.74. The smallest absolute Gasteiger partial charge is 0.255 e. The number of hydrogen-bond acceptors (Lipinski definition) is 4. The molecular weight excluding hydrogens is 302 g/mol. The summed E-state index contributed by atoms with van der Waals surface area (Å²) in [6, 6.07) is 10.7. The zero-order valence-electron chi connectivity index (χ0n) is 12.2. The van der Waals surface area contributed by atoms with Gasteiger partial charge in [0.25, 0.3) is 5.91 Å². The summed E-state index contributed by atoms with van der Waals surface area (Å²) in [6.07, 6.45) is 1.84. The van der Waals surface area contributed by atoms with Crippen LogP contribution in [-0.2, 0) is 9.84 Å². The van der Waals surface area contributed by atoms with Crippen LogP contribution in [0.2, 0.25) is 0 Å². The Morgan fingerprint density at radius 2 is 1.73 bits per heavy atom. The van der Waals surface area contributed by atoms with E-state index >= 15 is 0 Å². The lowest BCUT2D eigenvalue weighted by Gasteiger charge is -2.10. The van der Waals surface area contributed by atoms with Gasteiger partial charge in [0, 0.05) is 23.1 Å². The summed E-state index contributed by atoms with van der Waals surface area (Å²) >= 11 is 0. The Bertz CT molecular complexity index is 824. The zero-order chi connectivity index (χ0) is 16.3. The molecule has 0 atom stereocenters. The molecule has 0 fully saturated rings. The van der Waals surface area contributed by atoms with Crippen LogP contribution in [0.15, 0.2) is 47.4 Å². The number of hydrogen-bond donors (Lipinski definition) is 1. The summed E-state index contributed by atoms with van der Waals surface area (Å²) in [5.41, 5.74) is 2.06. The molecule has 0 saturated carbocycles. The van der Waals surface area contributed by atoms with E-state index in [1.54, 1.807) is 25.1 Å². The first-order valence-electron chi connectivity index (χ1n) is 6.49. The summed E-state index contributed by atoms with van der Waals surface area (Å²) < 4.78 is 22.8. The molecule has 0 saturated heterocycles. The van der Waals surface area contributed by atoms with E-state index in [9.17, 15) is 18.0 Å². The number of amides is 1. The zero-order valence-corrected chi connectivity index (χ0v) is 13.0. The van der Waals surface area contributed by atoms with Crippen molar-refractivity contribution >= 4 is 27.7 Å². The lowest BCUT2D eigenvalue weighted by atomic mass is 10.1. The van der Waals surface area contributed by atoms with Crippen molar-refractivity contribution in [2.75, 3.05) is 11.6 Å². The molecule has 0 aromatic heterocycles. The Kier molecular flexibility index (Phi) is 4.42. The third kappa shape index (κ3) is 3.40. The van der Waals surface area contributed by atoms with E-state index < -0.39 is 9.84 Å². The maximum absolute atomic E-state index is 12.2. The largest absolute Gasteiger partial charge is 0.322 e. The van der Waals surface area contributed by atoms with Crippen LogP contribution in [0.4, 0.5) is 5.69 Å². The Labute approximate surface area is 128 Å². The second-order valence-corrected chi connectivity index (χ2v) is 6.90. The number of sulfone groups is 1. The summed E-state index contributed by atoms with van der Waals surface area (Å²) in [5.74, 6) is -0.369. The van der Waals surface area contributed by atoms with Crippen LogP contribution in [0.25, 0.3) is 0 Å². The van der Waals surface area contributed by atoms with Crippen molar-refractivity contribution in [2.24, 2.45) is 0 Å². The molecule has 2 rings (SSSR count). The SMILES string of the molecule is Cc1c(C=O)cccc1NC(=O)c1ccc(S(C)(=O)=O)cc1. The van der Waals surface area contributed by atoms with Crippen LogP contribution in [0.1, 0.15) is 26.3 Å². The minimum absolute atomic E-state index is 0.156. The van der Waals surface area contributed by atoms with Gasteiger partial charge in [-0.15, -0.1) is 0 Å². The molecule has 2 aromatic carbocycles. The highest BCUT2D eigenvalue weighted by molar-refractivity contribution is 7.90. The quantitative estimate of drug-likeness (QED) is 0.878. The first kappa shape index (κ1) is 15.9. The Morgan fingerprint density at radius 1 is 1.09 bits per heavy atom. The van der Waals surface area contributed by atoms with Gasteiger partial charge < -0.3 is 5.32 Å². The van der Waals surface area contributed by atoms with Crippen molar-refractivity contribution in [3.63, 3.8) is 0 Å². The minimum atomic E-state index is -3.29. The predicted molar refractivity (Wildman–Crippen MR) is 84.1 cm³/mol. The standard InChI is InChI=1S/C16H15NO4S/c1-11-13(10-18)4-3-5-15(11)17-16(19)12-6-8-14(9-7-12)22(2,20)21/h3-10H,1-2H3,(H,17,19). The van der Waals surface area contributed by atoms with Crippen molar-refractivity contribution in [1.82, 2.24) is 0 Å². The van der Waals surface area contributed by atoms with E-state index in [1.165, 1.54) is 24.3 Å². The van der Waals surface area contributed by atoms with Crippen molar-refractivity contribution in [3.05, 3.63) is 59.2 Å². The molecule has 22 heavy (non-hydrogen) atoms. The predicted octanol–water partition coefficient (Wildman–Crippen LogP) is 2.46. The van der Waals surface area contributed by atoms with Gasteiger partial charge in [-0.1, -0.05) is 12.1 Å². The number of aldehydes is 1. The van der Waals surface area contributed by atoms with Crippen LogP contribution >= 0.6 is 0 Å². The molecule has 0 aliphatic heterocycles. The minimum Gasteiger partial charge on any atom is -0.322 e. The molecular formula is C16H15NO4S. The first-order valence-corrected chi connectivity index (χ1v) is 8.38. The van der Waals surface area contributed by atoms with E-state index in [4.69, 9.17) is 0 Å². The van der Waals surface area contributed by atoms with Crippen LogP contribution in [0.5, 0.6) is 0 Å². The Morgan fingerprint density at radius 3 is 2.27 bits per heavy atom. The number of carbonyl (C=O) groups is 2. The molecule has 1 N–H and O–H groups in total. The molecule has 5 nitrogen and oxygen atoms in total. The Balaban J connectivity index is 2.25. The van der Waals surface area contributed by atoms with E-state index in [0.717, 1.165) is 12.5 Å². The van der Waals surface area contributed by atoms with Crippen molar-refractivity contribution < 1.29 is 18.0 Å². The molecule has 0 heterocycles. The average Bonchev–Trinajstić information content (AvgIpc) is 2.48. The Hall–Kier alpha value is -2.47. The molecule has 0 bridgehead atoms. The van der Waals surface area contributed by atoms with Crippen LogP contribution < -0.4 is 5.32 Å². The highest BCUT2D eigenvalue weighted by Crippen LogP contribution is 2.19. The van der Waals surface area contributed by atoms with Gasteiger partial charge in [0.05, 0.1) is 4.90 Å². The third-order valence-electron chi connectivity index (χ3n) is 3.30. The van der Waals surface area contributed by atoms with Crippen LogP contribution in [-0.4, -0.2) is 26.9 Å². The fourth-order valence-corrected chi connectivity index (χ4v) is 2.60. The van der Waals surface area contributed by atoms with Crippen molar-refractivity contribution in [2.45, 2.75) is 11.8 Å². The molecule has 0 radical (unpaired) electrons. The van der Waals surface area contributed by atoms with Crippen LogP contribution in [0, 0.1) is 6.92 Å². The lowest BCUT2D eigenvalue weighted by molar-refractivity contribution is 0.102. The molecule has 1 amide bonds. The second-order valence-electron chi connectivity index (χ2n) is 4.89. The van der Waals surface area contributed by atoms with Gasteiger partial charge in [-0.2, -0.15) is 0 Å². The van der Waals surface area contributed by atoms with E-state index in [-0.39, 0.29) is 10.8 Å². The van der Waals surface area contributed by atoms with E-state index in [1.807, 2.05) is 0 Å². The number of rotatable bonds is 4. The maximum Gasteiger partial charge on any atom is 0.255 e. The topological polar surface area (TPSA) is 80.3 Å². The average molecular weight is 317 g/mol. The molecule has 114 valence electrons. The van der Waals surface area contributed by atoms with Gasteiger partial charge in [0.15, 0.2) is 9.84 Å². The van der Waals surface area contributed by atoms with Gasteiger partial charge in [-0.05, 0) is 42.8 Å². The molecule has 6 heteroatoms. The fraction of sp³-hybridized carbons (Fsp3) is 0.125. The fourth-order valence-electron chi connectivity index (χ4n) is 1.96. The number of carbonyl (C=O) groups excluding carboxylic acids is 2. The molecule has 0 aliphatic rings.